The van der Waals surface area contributed by atoms with Gasteiger partial charge in [0.2, 0.25) is 12.7 Å². The third-order valence-electron chi connectivity index (χ3n) is 9.23. The van der Waals surface area contributed by atoms with E-state index in [1.165, 1.54) is 0 Å². The Hall–Kier alpha value is -4.88. The fourth-order valence-electron chi connectivity index (χ4n) is 7.44. The van der Waals surface area contributed by atoms with Crippen molar-refractivity contribution in [2.75, 3.05) is 17.0 Å². The molecule has 4 aromatic rings. The predicted molar refractivity (Wildman–Crippen MR) is 163 cm³/mol. The van der Waals surface area contributed by atoms with E-state index in [4.69, 9.17) is 21.1 Å². The van der Waals surface area contributed by atoms with Gasteiger partial charge in [-0.1, -0.05) is 66.2 Å². The highest BCUT2D eigenvalue weighted by atomic mass is 35.5. The number of halogens is 1. The van der Waals surface area contributed by atoms with Crippen molar-refractivity contribution in [3.8, 4) is 11.5 Å². The number of carbonyl (C=O) groups excluding carboxylic acids is 3. The van der Waals surface area contributed by atoms with Gasteiger partial charge in [0, 0.05) is 28.1 Å². The molecule has 8 rings (SSSR count). The molecule has 0 unspecified atom stereocenters. The van der Waals surface area contributed by atoms with Crippen molar-refractivity contribution >= 4 is 46.0 Å². The summed E-state index contributed by atoms with van der Waals surface area (Å²) in [6, 6.07) is 25.4. The molecular weight excluding hydrogens is 564 g/mol. The Morgan fingerprint density at radius 1 is 0.907 bits per heavy atom. The first-order valence-electron chi connectivity index (χ1n) is 14.1. The number of Topliss-reactive ketones (excluding diaryl/α,β-unsaturated/α-hetero) is 2. The van der Waals surface area contributed by atoms with Gasteiger partial charge in [-0.3, -0.25) is 14.4 Å². The third kappa shape index (κ3) is 3.45. The van der Waals surface area contributed by atoms with Crippen LogP contribution in [0.1, 0.15) is 38.8 Å². The van der Waals surface area contributed by atoms with Crippen molar-refractivity contribution in [2.45, 2.75) is 24.4 Å². The van der Waals surface area contributed by atoms with Crippen LogP contribution in [0.5, 0.6) is 11.5 Å². The molecule has 1 saturated heterocycles. The molecule has 4 aromatic carbocycles. The summed E-state index contributed by atoms with van der Waals surface area (Å²) in [4.78, 5) is 46.4. The van der Waals surface area contributed by atoms with Gasteiger partial charge in [0.1, 0.15) is 11.5 Å². The molecule has 4 aliphatic rings. The summed E-state index contributed by atoms with van der Waals surface area (Å²) < 4.78 is 11.1. The number of amides is 1. The molecule has 0 aromatic heterocycles. The zero-order chi connectivity index (χ0) is 29.5. The van der Waals surface area contributed by atoms with E-state index in [0.29, 0.717) is 33.9 Å². The monoisotopic (exact) mass is 588 g/mol. The van der Waals surface area contributed by atoms with Crippen LogP contribution in [0.4, 0.5) is 11.4 Å². The maximum Gasteiger partial charge on any atom is 0.238 e. The number of carbonyl (C=O) groups is 3. The second-order valence-electron chi connectivity index (χ2n) is 11.3. The molecule has 4 aliphatic heterocycles. The Bertz CT molecular complexity index is 1920. The van der Waals surface area contributed by atoms with E-state index < -0.39 is 23.4 Å². The zero-order valence-electron chi connectivity index (χ0n) is 23.0. The Labute approximate surface area is 252 Å². The minimum atomic E-state index is -1.42. The number of allylic oxidation sites excluding steroid dienone is 1. The number of fused-ring (bicyclic) bond motifs is 7. The van der Waals surface area contributed by atoms with E-state index >= 15 is 4.79 Å². The van der Waals surface area contributed by atoms with Crippen LogP contribution in [-0.2, 0) is 10.2 Å². The van der Waals surface area contributed by atoms with Crippen molar-refractivity contribution in [2.24, 2.45) is 5.92 Å². The zero-order valence-corrected chi connectivity index (χ0v) is 23.8. The standard InChI is InChI=1S/C35H25ClN2O5/c1-19-16-29-35(23-10-4-6-12-25(23)37-34(35)41)30(32(39)20-14-15-27-28(17-20)43-18-42-27)31(33(40)22-9-2-5-11-24(22)36)38(29)26-13-7-3-8-21(19)26/h2-17,29-31H,18H2,1H3,(H,37,41)/t29-,30+,31-,35+/m1/s1. The third-order valence-corrected chi connectivity index (χ3v) is 9.56. The topological polar surface area (TPSA) is 84.9 Å². The Morgan fingerprint density at radius 2 is 1.65 bits per heavy atom. The number of hydrogen-bond donors (Lipinski definition) is 1. The highest BCUT2D eigenvalue weighted by Crippen LogP contribution is 2.59. The molecule has 43 heavy (non-hydrogen) atoms. The molecule has 0 saturated carbocycles. The van der Waals surface area contributed by atoms with Gasteiger partial charge in [0.25, 0.3) is 0 Å². The van der Waals surface area contributed by atoms with Gasteiger partial charge in [-0.15, -0.1) is 0 Å². The lowest BCUT2D eigenvalue weighted by Crippen LogP contribution is -2.51. The summed E-state index contributed by atoms with van der Waals surface area (Å²) in [6.45, 7) is 2.06. The smallest absolute Gasteiger partial charge is 0.238 e. The van der Waals surface area contributed by atoms with Gasteiger partial charge in [0.15, 0.2) is 23.1 Å². The lowest BCUT2D eigenvalue weighted by atomic mass is 9.64. The summed E-state index contributed by atoms with van der Waals surface area (Å²) in [7, 11) is 0. The Balaban J connectivity index is 1.44. The second kappa shape index (κ2) is 9.31. The van der Waals surface area contributed by atoms with Gasteiger partial charge in [-0.2, -0.15) is 0 Å². The summed E-state index contributed by atoms with van der Waals surface area (Å²) in [5, 5.41) is 3.35. The van der Waals surface area contributed by atoms with Crippen LogP contribution in [-0.4, -0.2) is 36.4 Å². The van der Waals surface area contributed by atoms with Crippen molar-refractivity contribution in [3.63, 3.8) is 0 Å². The number of anilines is 2. The Kier molecular flexibility index (Phi) is 5.59. The molecule has 1 spiro atoms. The van der Waals surface area contributed by atoms with E-state index in [1.807, 2.05) is 66.4 Å². The largest absolute Gasteiger partial charge is 0.454 e. The highest BCUT2D eigenvalue weighted by Gasteiger charge is 2.70. The first-order chi connectivity index (χ1) is 20.9. The van der Waals surface area contributed by atoms with Gasteiger partial charge >= 0.3 is 0 Å². The molecule has 1 amide bonds. The van der Waals surface area contributed by atoms with Crippen molar-refractivity contribution in [1.29, 1.82) is 0 Å². The number of benzene rings is 4. The number of rotatable bonds is 4. The summed E-state index contributed by atoms with van der Waals surface area (Å²) >= 11 is 6.62. The molecule has 4 atom stereocenters. The first-order valence-corrected chi connectivity index (χ1v) is 14.5. The van der Waals surface area contributed by atoms with Gasteiger partial charge < -0.3 is 19.7 Å². The predicted octanol–water partition coefficient (Wildman–Crippen LogP) is 6.31. The van der Waals surface area contributed by atoms with Crippen molar-refractivity contribution in [1.82, 2.24) is 0 Å². The molecule has 4 heterocycles. The van der Waals surface area contributed by atoms with E-state index in [2.05, 4.69) is 5.32 Å². The fraction of sp³-hybridized carbons (Fsp3) is 0.171. The van der Waals surface area contributed by atoms with Gasteiger partial charge in [0.05, 0.1) is 17.0 Å². The maximum absolute atomic E-state index is 15.0. The van der Waals surface area contributed by atoms with Crippen LogP contribution < -0.4 is 19.7 Å². The molecule has 7 nitrogen and oxygen atoms in total. The number of para-hydroxylation sites is 2. The van der Waals surface area contributed by atoms with Crippen LogP contribution in [0.2, 0.25) is 5.02 Å². The average molecular weight is 589 g/mol. The Morgan fingerprint density at radius 3 is 2.51 bits per heavy atom. The van der Waals surface area contributed by atoms with Crippen LogP contribution in [0.15, 0.2) is 97.1 Å². The van der Waals surface area contributed by atoms with Crippen molar-refractivity contribution in [3.05, 3.63) is 124 Å². The van der Waals surface area contributed by atoms with Crippen molar-refractivity contribution < 1.29 is 23.9 Å². The van der Waals surface area contributed by atoms with Crippen LogP contribution in [0.25, 0.3) is 5.57 Å². The fourth-order valence-corrected chi connectivity index (χ4v) is 7.67. The highest BCUT2D eigenvalue weighted by molar-refractivity contribution is 6.34. The first kappa shape index (κ1) is 25.8. The van der Waals surface area contributed by atoms with Crippen LogP contribution in [0, 0.1) is 5.92 Å². The second-order valence-corrected chi connectivity index (χ2v) is 11.7. The van der Waals surface area contributed by atoms with Crippen LogP contribution >= 0.6 is 11.6 Å². The molecule has 0 bridgehead atoms. The molecular formula is C35H25ClN2O5. The van der Waals surface area contributed by atoms with E-state index in [0.717, 1.165) is 16.8 Å². The molecule has 1 N–H and O–H groups in total. The molecule has 0 radical (unpaired) electrons. The SMILES string of the molecule is CC1=C[C@H]2N(c3ccccc31)[C@@H](C(=O)c1ccccc1Cl)[C@@H](C(=O)c1ccc3c(c1)OCO3)[C@@]21C(=O)Nc2ccccc21. The maximum atomic E-state index is 15.0. The number of ketones is 2. The van der Waals surface area contributed by atoms with E-state index in [9.17, 15) is 9.59 Å². The number of nitrogens with zero attached hydrogens (tertiary/aromatic N) is 1. The van der Waals surface area contributed by atoms with Crippen LogP contribution in [0.3, 0.4) is 0 Å². The average Bonchev–Trinajstić information content (AvgIpc) is 3.70. The quantitative estimate of drug-likeness (QED) is 0.281. The molecule has 8 heteroatoms. The minimum absolute atomic E-state index is 0.0560. The number of nitrogens with one attached hydrogen (secondary N) is 1. The molecule has 1 fully saturated rings. The summed E-state index contributed by atoms with van der Waals surface area (Å²) in [6.07, 6.45) is 2.03. The molecule has 0 aliphatic carbocycles. The minimum Gasteiger partial charge on any atom is -0.454 e. The van der Waals surface area contributed by atoms with E-state index in [-0.39, 0.29) is 29.3 Å². The number of ether oxygens (including phenoxy) is 2. The summed E-state index contributed by atoms with van der Waals surface area (Å²) in [5.41, 5.74) is 3.22. The molecule has 212 valence electrons. The number of hydrogen-bond acceptors (Lipinski definition) is 6. The normalized spacial score (nSPS) is 24.2. The lowest BCUT2D eigenvalue weighted by Gasteiger charge is -2.39. The summed E-state index contributed by atoms with van der Waals surface area (Å²) in [5.74, 6) is -1.11. The lowest BCUT2D eigenvalue weighted by molar-refractivity contribution is -0.121. The van der Waals surface area contributed by atoms with Gasteiger partial charge in [-0.05, 0) is 60.5 Å². The van der Waals surface area contributed by atoms with Gasteiger partial charge in [-0.25, -0.2) is 0 Å². The van der Waals surface area contributed by atoms with E-state index in [1.54, 1.807) is 42.5 Å².